The Bertz CT molecular complexity index is 1100. The molecule has 0 radical (unpaired) electrons. The molecule has 0 saturated heterocycles. The summed E-state index contributed by atoms with van der Waals surface area (Å²) in [5.74, 6) is 1.46. The predicted octanol–water partition coefficient (Wildman–Crippen LogP) is 4.57. The molecule has 3 aromatic carbocycles. The summed E-state index contributed by atoms with van der Waals surface area (Å²) in [6.45, 7) is 0. The Morgan fingerprint density at radius 1 is 0.893 bits per heavy atom. The van der Waals surface area contributed by atoms with E-state index in [-0.39, 0.29) is 12.4 Å². The first-order valence-electron chi connectivity index (χ1n) is 9.12. The van der Waals surface area contributed by atoms with Crippen LogP contribution in [0.25, 0.3) is 16.7 Å². The number of fused-ring (bicyclic) bond motifs is 1. The summed E-state index contributed by atoms with van der Waals surface area (Å²) >= 11 is 0. The first-order chi connectivity index (χ1) is 13.8. The molecule has 0 bridgehead atoms. The van der Waals surface area contributed by atoms with Gasteiger partial charge in [0.05, 0.1) is 24.6 Å². The molecule has 0 amide bonds. The van der Waals surface area contributed by atoms with E-state index in [4.69, 9.17) is 14.5 Å². The molecular weight excluding hydrogens is 352 g/mol. The summed E-state index contributed by atoms with van der Waals surface area (Å²) in [5, 5.41) is 0. The maximum atomic E-state index is 12.4. The van der Waals surface area contributed by atoms with Gasteiger partial charge in [0.1, 0.15) is 5.82 Å². The van der Waals surface area contributed by atoms with Gasteiger partial charge in [0, 0.05) is 12.1 Å². The predicted molar refractivity (Wildman–Crippen MR) is 108 cm³/mol. The van der Waals surface area contributed by atoms with Crippen LogP contribution in [0.1, 0.15) is 12.2 Å². The second-order valence-corrected chi connectivity index (χ2v) is 6.31. The van der Waals surface area contributed by atoms with Crippen molar-refractivity contribution >= 4 is 17.0 Å². The molecule has 0 unspecified atom stereocenters. The Morgan fingerprint density at radius 2 is 1.57 bits per heavy atom. The van der Waals surface area contributed by atoms with Crippen LogP contribution in [-0.2, 0) is 11.2 Å². The number of hydrogen-bond donors (Lipinski definition) is 0. The first-order valence-corrected chi connectivity index (χ1v) is 9.12. The topological polar surface area (TPSA) is 53.4 Å². The molecule has 0 aliphatic carbocycles. The summed E-state index contributed by atoms with van der Waals surface area (Å²) in [7, 11) is 1.55. The zero-order chi connectivity index (χ0) is 19.3. The highest BCUT2D eigenvalue weighted by Crippen LogP contribution is 2.27. The number of benzene rings is 3. The maximum Gasteiger partial charge on any atom is 0.311 e. The Hall–Kier alpha value is -3.60. The quantitative estimate of drug-likeness (QED) is 0.367. The molecule has 1 aromatic heterocycles. The van der Waals surface area contributed by atoms with E-state index < -0.39 is 0 Å². The van der Waals surface area contributed by atoms with Crippen LogP contribution < -0.4 is 9.47 Å². The van der Waals surface area contributed by atoms with E-state index >= 15 is 0 Å². The van der Waals surface area contributed by atoms with E-state index in [1.807, 2.05) is 60.7 Å². The van der Waals surface area contributed by atoms with Gasteiger partial charge in [-0.15, -0.1) is 0 Å². The number of aryl methyl sites for hydroxylation is 1. The third-order valence-electron chi connectivity index (χ3n) is 4.49. The summed E-state index contributed by atoms with van der Waals surface area (Å²) in [4.78, 5) is 17.1. The lowest BCUT2D eigenvalue weighted by Crippen LogP contribution is -2.11. The van der Waals surface area contributed by atoms with Gasteiger partial charge in [0.2, 0.25) is 0 Å². The number of methoxy groups -OCH3 is 1. The molecule has 0 aliphatic heterocycles. The molecule has 0 atom stereocenters. The summed E-state index contributed by atoms with van der Waals surface area (Å²) in [6, 6.07) is 25.1. The molecule has 5 nitrogen and oxygen atoms in total. The number of aromatic nitrogens is 2. The van der Waals surface area contributed by atoms with Gasteiger partial charge in [-0.25, -0.2) is 4.98 Å². The molecule has 1 heterocycles. The van der Waals surface area contributed by atoms with Crippen LogP contribution >= 0.6 is 0 Å². The van der Waals surface area contributed by atoms with Gasteiger partial charge in [-0.05, 0) is 36.4 Å². The smallest absolute Gasteiger partial charge is 0.311 e. The van der Waals surface area contributed by atoms with Gasteiger partial charge in [0.15, 0.2) is 11.5 Å². The van der Waals surface area contributed by atoms with Crippen molar-refractivity contribution in [3.63, 3.8) is 0 Å². The zero-order valence-electron chi connectivity index (χ0n) is 15.5. The van der Waals surface area contributed by atoms with E-state index in [0.29, 0.717) is 17.9 Å². The molecule has 28 heavy (non-hydrogen) atoms. The molecular formula is C23H20N2O3. The number of esters is 1. The van der Waals surface area contributed by atoms with Crippen LogP contribution in [0.4, 0.5) is 0 Å². The van der Waals surface area contributed by atoms with Crippen LogP contribution in [0.3, 0.4) is 0 Å². The molecule has 0 saturated carbocycles. The minimum Gasteiger partial charge on any atom is -0.493 e. The number of hydrogen-bond acceptors (Lipinski definition) is 4. The van der Waals surface area contributed by atoms with E-state index in [1.54, 1.807) is 25.3 Å². The highest BCUT2D eigenvalue weighted by atomic mass is 16.6. The molecule has 0 aliphatic rings. The standard InChI is InChI=1S/C23H20N2O3/c1-27-20-13-7-8-14-21(20)28-23(26)16-15-22-24-18-11-5-6-12-19(18)25(22)17-9-3-2-4-10-17/h2-14H,15-16H2,1H3. The van der Waals surface area contributed by atoms with E-state index in [2.05, 4.69) is 4.57 Å². The van der Waals surface area contributed by atoms with Gasteiger partial charge in [-0.3, -0.25) is 9.36 Å². The monoisotopic (exact) mass is 372 g/mol. The van der Waals surface area contributed by atoms with Crippen molar-refractivity contribution in [2.24, 2.45) is 0 Å². The Morgan fingerprint density at radius 3 is 2.36 bits per heavy atom. The molecule has 140 valence electrons. The lowest BCUT2D eigenvalue weighted by atomic mass is 10.2. The van der Waals surface area contributed by atoms with Gasteiger partial charge >= 0.3 is 5.97 Å². The van der Waals surface area contributed by atoms with Crippen LogP contribution in [-0.4, -0.2) is 22.6 Å². The molecule has 0 fully saturated rings. The average molecular weight is 372 g/mol. The van der Waals surface area contributed by atoms with Crippen molar-refractivity contribution in [3.05, 3.63) is 84.7 Å². The first kappa shape index (κ1) is 17.8. The highest BCUT2D eigenvalue weighted by Gasteiger charge is 2.15. The molecule has 0 N–H and O–H groups in total. The number of imidazole rings is 1. The largest absolute Gasteiger partial charge is 0.493 e. The number of carbonyl (C=O) groups is 1. The Kier molecular flexibility index (Phi) is 5.06. The van der Waals surface area contributed by atoms with E-state index in [0.717, 1.165) is 22.5 Å². The minimum absolute atomic E-state index is 0.216. The number of para-hydroxylation sites is 5. The lowest BCUT2D eigenvalue weighted by Gasteiger charge is -2.10. The third-order valence-corrected chi connectivity index (χ3v) is 4.49. The fourth-order valence-corrected chi connectivity index (χ4v) is 3.20. The van der Waals surface area contributed by atoms with Crippen molar-refractivity contribution in [1.82, 2.24) is 9.55 Å². The zero-order valence-corrected chi connectivity index (χ0v) is 15.5. The van der Waals surface area contributed by atoms with Crippen molar-refractivity contribution in [3.8, 4) is 17.2 Å². The summed E-state index contributed by atoms with van der Waals surface area (Å²) in [6.07, 6.45) is 0.686. The van der Waals surface area contributed by atoms with Gasteiger partial charge in [0.25, 0.3) is 0 Å². The second kappa shape index (κ2) is 7.96. The van der Waals surface area contributed by atoms with Crippen molar-refractivity contribution in [2.45, 2.75) is 12.8 Å². The number of rotatable bonds is 6. The fraction of sp³-hybridized carbons (Fsp3) is 0.130. The van der Waals surface area contributed by atoms with Gasteiger partial charge in [-0.1, -0.05) is 42.5 Å². The van der Waals surface area contributed by atoms with Crippen molar-refractivity contribution in [1.29, 1.82) is 0 Å². The van der Waals surface area contributed by atoms with E-state index in [9.17, 15) is 4.79 Å². The number of nitrogens with zero attached hydrogens (tertiary/aromatic N) is 2. The fourth-order valence-electron chi connectivity index (χ4n) is 3.20. The Balaban J connectivity index is 1.57. The maximum absolute atomic E-state index is 12.4. The van der Waals surface area contributed by atoms with Gasteiger partial charge < -0.3 is 9.47 Å². The van der Waals surface area contributed by atoms with Crippen LogP contribution in [0.2, 0.25) is 0 Å². The highest BCUT2D eigenvalue weighted by molar-refractivity contribution is 5.79. The molecule has 4 aromatic rings. The normalized spacial score (nSPS) is 10.8. The minimum atomic E-state index is -0.323. The van der Waals surface area contributed by atoms with Crippen molar-refractivity contribution in [2.75, 3.05) is 7.11 Å². The average Bonchev–Trinajstić information content (AvgIpc) is 3.12. The van der Waals surface area contributed by atoms with E-state index in [1.165, 1.54) is 0 Å². The second-order valence-electron chi connectivity index (χ2n) is 6.31. The summed E-state index contributed by atoms with van der Waals surface area (Å²) in [5.41, 5.74) is 2.94. The van der Waals surface area contributed by atoms with Crippen LogP contribution in [0.15, 0.2) is 78.9 Å². The lowest BCUT2D eigenvalue weighted by molar-refractivity contribution is -0.134. The molecule has 0 spiro atoms. The van der Waals surface area contributed by atoms with Gasteiger partial charge in [-0.2, -0.15) is 0 Å². The number of ether oxygens (including phenoxy) is 2. The molecule has 4 rings (SSSR count). The number of carbonyl (C=O) groups excluding carboxylic acids is 1. The summed E-state index contributed by atoms with van der Waals surface area (Å²) < 4.78 is 12.8. The third kappa shape index (κ3) is 3.60. The van der Waals surface area contributed by atoms with Crippen LogP contribution in [0.5, 0.6) is 11.5 Å². The van der Waals surface area contributed by atoms with Crippen molar-refractivity contribution < 1.29 is 14.3 Å². The molecule has 5 heteroatoms. The Labute approximate surface area is 163 Å². The SMILES string of the molecule is COc1ccccc1OC(=O)CCc1nc2ccccc2n1-c1ccccc1. The van der Waals surface area contributed by atoms with Crippen LogP contribution in [0, 0.1) is 0 Å².